The van der Waals surface area contributed by atoms with Crippen LogP contribution >= 0.6 is 0 Å². The van der Waals surface area contributed by atoms with Crippen molar-refractivity contribution < 1.29 is 16.8 Å². The monoisotopic (exact) mass is 366 g/mol. The minimum atomic E-state index is -3.69. The van der Waals surface area contributed by atoms with E-state index in [1.807, 2.05) is 0 Å². The van der Waals surface area contributed by atoms with E-state index in [0.717, 1.165) is 12.8 Å². The van der Waals surface area contributed by atoms with Crippen molar-refractivity contribution in [1.82, 2.24) is 4.31 Å². The fourth-order valence-corrected chi connectivity index (χ4v) is 5.18. The lowest BCUT2D eigenvalue weighted by molar-refractivity contribution is 0.477. The Kier molecular flexibility index (Phi) is 4.62. The van der Waals surface area contributed by atoms with Gasteiger partial charge < -0.3 is 0 Å². The maximum absolute atomic E-state index is 12.4. The summed E-state index contributed by atoms with van der Waals surface area (Å²) >= 11 is 0. The van der Waals surface area contributed by atoms with Gasteiger partial charge in [-0.15, -0.1) is 0 Å². The minimum absolute atomic E-state index is 0.152. The Morgan fingerprint density at radius 2 is 1.33 bits per heavy atom. The average Bonchev–Trinajstić information content (AvgIpc) is 3.11. The molecule has 1 saturated heterocycles. The molecule has 1 N–H and O–H groups in total. The second-order valence-corrected chi connectivity index (χ2v) is 9.17. The Morgan fingerprint density at radius 3 is 1.92 bits per heavy atom. The molecule has 0 aliphatic carbocycles. The first kappa shape index (κ1) is 16.9. The molecule has 1 fully saturated rings. The summed E-state index contributed by atoms with van der Waals surface area (Å²) in [6.45, 7) is 1.06. The lowest BCUT2D eigenvalue weighted by Crippen LogP contribution is -2.27. The summed E-state index contributed by atoms with van der Waals surface area (Å²) in [6.07, 6.45) is 1.74. The van der Waals surface area contributed by atoms with Crippen LogP contribution in [0.1, 0.15) is 12.8 Å². The molecule has 0 saturated carbocycles. The first-order valence-corrected chi connectivity index (χ1v) is 10.5. The molecule has 0 atom stereocenters. The molecule has 0 radical (unpaired) electrons. The zero-order valence-corrected chi connectivity index (χ0v) is 14.6. The first-order chi connectivity index (χ1) is 11.4. The molecule has 0 amide bonds. The minimum Gasteiger partial charge on any atom is -0.280 e. The van der Waals surface area contributed by atoms with Crippen LogP contribution in [-0.4, -0.2) is 34.2 Å². The molecule has 1 heterocycles. The molecular formula is C16H18N2O4S2. The van der Waals surface area contributed by atoms with Gasteiger partial charge in [-0.05, 0) is 49.2 Å². The van der Waals surface area contributed by atoms with Crippen molar-refractivity contribution >= 4 is 25.7 Å². The van der Waals surface area contributed by atoms with Crippen molar-refractivity contribution in [2.75, 3.05) is 17.8 Å². The Labute approximate surface area is 142 Å². The van der Waals surface area contributed by atoms with Crippen LogP contribution in [0.4, 0.5) is 5.69 Å². The molecule has 0 unspecified atom stereocenters. The van der Waals surface area contributed by atoms with Crippen LogP contribution in [0.3, 0.4) is 0 Å². The van der Waals surface area contributed by atoms with Gasteiger partial charge in [0.05, 0.1) is 9.79 Å². The highest BCUT2D eigenvalue weighted by Gasteiger charge is 2.27. The Morgan fingerprint density at radius 1 is 0.750 bits per heavy atom. The van der Waals surface area contributed by atoms with E-state index in [1.54, 1.807) is 18.2 Å². The molecule has 0 aromatic heterocycles. The van der Waals surface area contributed by atoms with Crippen molar-refractivity contribution in [2.24, 2.45) is 0 Å². The molecule has 0 spiro atoms. The predicted molar refractivity (Wildman–Crippen MR) is 91.7 cm³/mol. The third-order valence-corrected chi connectivity index (χ3v) is 7.17. The summed E-state index contributed by atoms with van der Waals surface area (Å²) in [6, 6.07) is 13.8. The van der Waals surface area contributed by atoms with Crippen LogP contribution in [0.15, 0.2) is 64.4 Å². The molecule has 0 bridgehead atoms. The maximum atomic E-state index is 12.4. The largest absolute Gasteiger partial charge is 0.280 e. The van der Waals surface area contributed by atoms with Crippen LogP contribution in [0, 0.1) is 0 Å². The van der Waals surface area contributed by atoms with Crippen LogP contribution in [0.25, 0.3) is 0 Å². The Balaban J connectivity index is 1.80. The van der Waals surface area contributed by atoms with Crippen LogP contribution in [-0.2, 0) is 20.0 Å². The van der Waals surface area contributed by atoms with Crippen molar-refractivity contribution in [3.63, 3.8) is 0 Å². The smallest absolute Gasteiger partial charge is 0.261 e. The summed E-state index contributed by atoms with van der Waals surface area (Å²) in [7, 11) is -7.18. The fourth-order valence-electron chi connectivity index (χ4n) is 2.59. The molecule has 3 rings (SSSR count). The van der Waals surface area contributed by atoms with E-state index in [1.165, 1.54) is 40.7 Å². The molecule has 1 aliphatic rings. The summed E-state index contributed by atoms with van der Waals surface area (Å²) in [4.78, 5) is 0.325. The molecular weight excluding hydrogens is 348 g/mol. The molecule has 2 aromatic rings. The van der Waals surface area contributed by atoms with Gasteiger partial charge in [-0.1, -0.05) is 18.2 Å². The third-order valence-electron chi connectivity index (χ3n) is 3.86. The van der Waals surface area contributed by atoms with Crippen LogP contribution in [0.5, 0.6) is 0 Å². The number of benzene rings is 2. The normalized spacial score (nSPS) is 16.2. The van der Waals surface area contributed by atoms with E-state index in [-0.39, 0.29) is 9.79 Å². The zero-order chi connectivity index (χ0) is 17.2. The second kappa shape index (κ2) is 6.54. The third kappa shape index (κ3) is 3.45. The van der Waals surface area contributed by atoms with Crippen LogP contribution < -0.4 is 4.72 Å². The van der Waals surface area contributed by atoms with E-state index in [9.17, 15) is 16.8 Å². The van der Waals surface area contributed by atoms with Crippen molar-refractivity contribution in [3.05, 3.63) is 54.6 Å². The Hall–Kier alpha value is -1.90. The van der Waals surface area contributed by atoms with Gasteiger partial charge >= 0.3 is 0 Å². The lowest BCUT2D eigenvalue weighted by atomic mass is 10.3. The predicted octanol–water partition coefficient (Wildman–Crippen LogP) is 2.27. The first-order valence-electron chi connectivity index (χ1n) is 7.58. The number of nitrogens with zero attached hydrogens (tertiary/aromatic N) is 1. The quantitative estimate of drug-likeness (QED) is 0.880. The van der Waals surface area contributed by atoms with Crippen molar-refractivity contribution in [2.45, 2.75) is 22.6 Å². The van der Waals surface area contributed by atoms with Gasteiger partial charge in [0, 0.05) is 18.8 Å². The average molecular weight is 366 g/mol. The summed E-state index contributed by atoms with van der Waals surface area (Å²) in [5.74, 6) is 0. The number of hydrogen-bond acceptors (Lipinski definition) is 4. The van der Waals surface area contributed by atoms with Gasteiger partial charge in [0.25, 0.3) is 10.0 Å². The van der Waals surface area contributed by atoms with Gasteiger partial charge in [-0.2, -0.15) is 4.31 Å². The van der Waals surface area contributed by atoms with Gasteiger partial charge in [0.1, 0.15) is 0 Å². The number of anilines is 1. The van der Waals surface area contributed by atoms with E-state index in [4.69, 9.17) is 0 Å². The summed E-state index contributed by atoms with van der Waals surface area (Å²) in [5, 5.41) is 0. The highest BCUT2D eigenvalue weighted by atomic mass is 32.2. The highest BCUT2D eigenvalue weighted by molar-refractivity contribution is 7.92. The van der Waals surface area contributed by atoms with Gasteiger partial charge in [0.15, 0.2) is 0 Å². The SMILES string of the molecule is O=S(=O)(Nc1ccc(S(=O)(=O)N2CCCC2)cc1)c1ccccc1. The number of rotatable bonds is 5. The number of sulfonamides is 2. The topological polar surface area (TPSA) is 83.5 Å². The summed E-state index contributed by atoms with van der Waals surface area (Å²) < 4.78 is 53.3. The van der Waals surface area contributed by atoms with Gasteiger partial charge in [0.2, 0.25) is 10.0 Å². The van der Waals surface area contributed by atoms with Gasteiger partial charge in [-0.3, -0.25) is 4.72 Å². The zero-order valence-electron chi connectivity index (χ0n) is 12.9. The van der Waals surface area contributed by atoms with E-state index >= 15 is 0 Å². The van der Waals surface area contributed by atoms with Gasteiger partial charge in [-0.25, -0.2) is 16.8 Å². The maximum Gasteiger partial charge on any atom is 0.261 e. The lowest BCUT2D eigenvalue weighted by Gasteiger charge is -2.15. The second-order valence-electron chi connectivity index (χ2n) is 5.55. The van der Waals surface area contributed by atoms with Crippen LogP contribution in [0.2, 0.25) is 0 Å². The standard InChI is InChI=1S/C16H18N2O4S2/c19-23(20,15-6-2-1-3-7-15)17-14-8-10-16(11-9-14)24(21,22)18-12-4-5-13-18/h1-3,6-11,17H,4-5,12-13H2. The summed E-state index contributed by atoms with van der Waals surface area (Å²) in [5.41, 5.74) is 0.319. The molecule has 8 heteroatoms. The molecule has 128 valence electrons. The van der Waals surface area contributed by atoms with E-state index < -0.39 is 20.0 Å². The molecule has 2 aromatic carbocycles. The Bertz CT molecular complexity index is 902. The van der Waals surface area contributed by atoms with Crippen molar-refractivity contribution in [1.29, 1.82) is 0 Å². The van der Waals surface area contributed by atoms with E-state index in [0.29, 0.717) is 18.8 Å². The fraction of sp³-hybridized carbons (Fsp3) is 0.250. The van der Waals surface area contributed by atoms with Crippen molar-refractivity contribution in [3.8, 4) is 0 Å². The highest BCUT2D eigenvalue weighted by Crippen LogP contribution is 2.23. The molecule has 24 heavy (non-hydrogen) atoms. The van der Waals surface area contributed by atoms with E-state index in [2.05, 4.69) is 4.72 Å². The molecule has 1 aliphatic heterocycles. The number of nitrogens with one attached hydrogen (secondary N) is 1. The number of hydrogen-bond donors (Lipinski definition) is 1. The molecule has 6 nitrogen and oxygen atoms in total.